The van der Waals surface area contributed by atoms with Crippen LogP contribution in [0.4, 0.5) is 5.69 Å². The third-order valence-corrected chi connectivity index (χ3v) is 5.30. The van der Waals surface area contributed by atoms with Crippen molar-refractivity contribution in [1.29, 1.82) is 0 Å². The van der Waals surface area contributed by atoms with Gasteiger partial charge in [-0.2, -0.15) is 0 Å². The number of methoxy groups -OCH3 is 2. The van der Waals surface area contributed by atoms with Crippen molar-refractivity contribution in [3.05, 3.63) is 89.0 Å². The molecule has 4 aromatic rings. The van der Waals surface area contributed by atoms with E-state index in [2.05, 4.69) is 10.3 Å². The fraction of sp³-hybridized carbons (Fsp3) is 0.192. The van der Waals surface area contributed by atoms with Crippen LogP contribution in [-0.4, -0.2) is 29.7 Å². The molecule has 0 spiro atoms. The molecule has 0 fully saturated rings. The molecule has 0 saturated heterocycles. The minimum atomic E-state index is -0.251. The van der Waals surface area contributed by atoms with E-state index >= 15 is 0 Å². The number of hydrogen-bond donors (Lipinski definition) is 1. The number of fused-ring (bicyclic) bond motifs is 1. The van der Waals surface area contributed by atoms with E-state index in [-0.39, 0.29) is 24.4 Å². The summed E-state index contributed by atoms with van der Waals surface area (Å²) in [5.41, 5.74) is 1.98. The molecule has 3 aromatic carbocycles. The van der Waals surface area contributed by atoms with Crippen LogP contribution in [0.1, 0.15) is 12.0 Å². The highest BCUT2D eigenvalue weighted by Crippen LogP contribution is 2.29. The van der Waals surface area contributed by atoms with Gasteiger partial charge in [-0.1, -0.05) is 30.3 Å². The molecule has 0 aliphatic carbocycles. The Morgan fingerprint density at radius 1 is 0.971 bits per heavy atom. The molecule has 0 aliphatic heterocycles. The Morgan fingerprint density at radius 3 is 2.38 bits per heavy atom. The normalized spacial score (nSPS) is 10.6. The van der Waals surface area contributed by atoms with Crippen LogP contribution in [0, 0.1) is 0 Å². The molecule has 0 atom stereocenters. The van der Waals surface area contributed by atoms with Gasteiger partial charge in [-0.15, -0.1) is 0 Å². The van der Waals surface area contributed by atoms with Gasteiger partial charge in [-0.25, -0.2) is 4.98 Å². The lowest BCUT2D eigenvalue weighted by atomic mass is 10.2. The molecule has 4 rings (SSSR count). The van der Waals surface area contributed by atoms with Gasteiger partial charge < -0.3 is 19.5 Å². The van der Waals surface area contributed by atoms with Gasteiger partial charge >= 0.3 is 0 Å². The van der Waals surface area contributed by atoms with Crippen molar-refractivity contribution >= 4 is 22.5 Å². The van der Waals surface area contributed by atoms with Crippen molar-refractivity contribution in [2.24, 2.45) is 0 Å². The van der Waals surface area contributed by atoms with Crippen molar-refractivity contribution in [2.45, 2.75) is 19.6 Å². The Bertz CT molecular complexity index is 1330. The summed E-state index contributed by atoms with van der Waals surface area (Å²) in [5.74, 6) is 1.44. The van der Waals surface area contributed by atoms with Crippen LogP contribution in [0.2, 0.25) is 0 Å². The van der Waals surface area contributed by atoms with Crippen LogP contribution in [0.15, 0.2) is 77.9 Å². The second kappa shape index (κ2) is 10.5. The standard InChI is InChI=1S/C26H25N3O5/c1-32-23-14-21-22(15-24(23)33-2)27-17-29(26(21)31)13-12-25(30)28-19-8-10-20(11-9-19)34-16-18-6-4-3-5-7-18/h3-11,14-15,17H,12-13,16H2,1-2H3,(H,28,30). The lowest BCUT2D eigenvalue weighted by molar-refractivity contribution is -0.116. The number of aryl methyl sites for hydroxylation is 1. The zero-order valence-electron chi connectivity index (χ0n) is 19.0. The van der Waals surface area contributed by atoms with Gasteiger partial charge in [0.05, 0.1) is 31.4 Å². The number of aromatic nitrogens is 2. The summed E-state index contributed by atoms with van der Waals surface area (Å²) in [7, 11) is 3.03. The van der Waals surface area contributed by atoms with Crippen molar-refractivity contribution in [2.75, 3.05) is 19.5 Å². The lowest BCUT2D eigenvalue weighted by Crippen LogP contribution is -2.23. The van der Waals surface area contributed by atoms with Crippen LogP contribution >= 0.6 is 0 Å². The van der Waals surface area contributed by atoms with Gasteiger partial charge in [-0.05, 0) is 35.9 Å². The Balaban J connectivity index is 1.35. The third kappa shape index (κ3) is 5.35. The molecular weight excluding hydrogens is 434 g/mol. The fourth-order valence-electron chi connectivity index (χ4n) is 3.47. The van der Waals surface area contributed by atoms with Gasteiger partial charge in [-0.3, -0.25) is 14.2 Å². The van der Waals surface area contributed by atoms with Crippen LogP contribution in [-0.2, 0) is 17.9 Å². The van der Waals surface area contributed by atoms with E-state index in [4.69, 9.17) is 14.2 Å². The first-order chi connectivity index (χ1) is 16.6. The fourth-order valence-corrected chi connectivity index (χ4v) is 3.47. The zero-order chi connectivity index (χ0) is 23.9. The maximum absolute atomic E-state index is 12.8. The van der Waals surface area contributed by atoms with Crippen molar-refractivity contribution in [3.63, 3.8) is 0 Å². The Morgan fingerprint density at radius 2 is 1.68 bits per heavy atom. The predicted octanol–water partition coefficient (Wildman–Crippen LogP) is 4.02. The molecule has 34 heavy (non-hydrogen) atoms. The highest BCUT2D eigenvalue weighted by molar-refractivity contribution is 5.90. The van der Waals surface area contributed by atoms with Gasteiger partial charge in [0, 0.05) is 24.7 Å². The van der Waals surface area contributed by atoms with Crippen molar-refractivity contribution < 1.29 is 19.0 Å². The number of amides is 1. The zero-order valence-corrected chi connectivity index (χ0v) is 19.0. The summed E-state index contributed by atoms with van der Waals surface area (Å²) in [6.45, 7) is 0.667. The summed E-state index contributed by atoms with van der Waals surface area (Å²) < 4.78 is 17.7. The lowest BCUT2D eigenvalue weighted by Gasteiger charge is -2.11. The summed E-state index contributed by atoms with van der Waals surface area (Å²) in [4.78, 5) is 29.6. The van der Waals surface area contributed by atoms with Crippen molar-refractivity contribution in [1.82, 2.24) is 9.55 Å². The number of hydrogen-bond acceptors (Lipinski definition) is 6. The van der Waals surface area contributed by atoms with E-state index in [1.165, 1.54) is 25.1 Å². The minimum absolute atomic E-state index is 0.118. The molecule has 0 saturated carbocycles. The van der Waals surface area contributed by atoms with Crippen LogP contribution in [0.5, 0.6) is 17.2 Å². The number of anilines is 1. The maximum Gasteiger partial charge on any atom is 0.261 e. The molecule has 0 bridgehead atoms. The molecule has 1 N–H and O–H groups in total. The molecule has 8 heteroatoms. The number of rotatable bonds is 9. The molecule has 8 nitrogen and oxygen atoms in total. The molecule has 0 aliphatic rings. The van der Waals surface area contributed by atoms with E-state index in [0.717, 1.165) is 5.56 Å². The first-order valence-corrected chi connectivity index (χ1v) is 10.7. The van der Waals surface area contributed by atoms with Crippen LogP contribution in [0.3, 0.4) is 0 Å². The van der Waals surface area contributed by atoms with Gasteiger partial charge in [0.2, 0.25) is 5.91 Å². The van der Waals surface area contributed by atoms with E-state index < -0.39 is 0 Å². The molecule has 1 heterocycles. The van der Waals surface area contributed by atoms with Gasteiger partial charge in [0.25, 0.3) is 5.56 Å². The van der Waals surface area contributed by atoms with E-state index in [0.29, 0.717) is 40.4 Å². The smallest absolute Gasteiger partial charge is 0.261 e. The molecular formula is C26H25N3O5. The topological polar surface area (TPSA) is 91.7 Å². The average Bonchev–Trinajstić information content (AvgIpc) is 2.88. The largest absolute Gasteiger partial charge is 0.493 e. The molecule has 1 aromatic heterocycles. The molecule has 1 amide bonds. The summed E-state index contributed by atoms with van der Waals surface area (Å²) in [6, 6.07) is 20.3. The molecule has 0 radical (unpaired) electrons. The predicted molar refractivity (Wildman–Crippen MR) is 130 cm³/mol. The first kappa shape index (κ1) is 22.8. The molecule has 174 valence electrons. The number of ether oxygens (including phenoxy) is 3. The minimum Gasteiger partial charge on any atom is -0.493 e. The van der Waals surface area contributed by atoms with E-state index in [1.54, 1.807) is 36.4 Å². The number of carbonyl (C=O) groups is 1. The third-order valence-electron chi connectivity index (χ3n) is 5.30. The number of benzene rings is 3. The SMILES string of the molecule is COc1cc2ncn(CCC(=O)Nc3ccc(OCc4ccccc4)cc3)c(=O)c2cc1OC. The van der Waals surface area contributed by atoms with Crippen molar-refractivity contribution in [3.8, 4) is 17.2 Å². The Hall–Kier alpha value is -4.33. The van der Waals surface area contributed by atoms with E-state index in [9.17, 15) is 9.59 Å². The highest BCUT2D eigenvalue weighted by atomic mass is 16.5. The van der Waals surface area contributed by atoms with Crippen LogP contribution < -0.4 is 25.1 Å². The van der Waals surface area contributed by atoms with E-state index in [1.807, 2.05) is 30.3 Å². The summed E-state index contributed by atoms with van der Waals surface area (Å²) in [6.07, 6.45) is 1.55. The average molecular weight is 460 g/mol. The Kier molecular flexibility index (Phi) is 7.07. The first-order valence-electron chi connectivity index (χ1n) is 10.7. The Labute approximate surface area is 196 Å². The second-order valence-electron chi connectivity index (χ2n) is 7.56. The second-order valence-corrected chi connectivity index (χ2v) is 7.56. The summed E-state index contributed by atoms with van der Waals surface area (Å²) in [5, 5.41) is 3.23. The monoisotopic (exact) mass is 459 g/mol. The quantitative estimate of drug-likeness (QED) is 0.407. The number of carbonyl (C=O) groups excluding carboxylic acids is 1. The van der Waals surface area contributed by atoms with Crippen LogP contribution in [0.25, 0.3) is 10.9 Å². The number of nitrogens with zero attached hydrogens (tertiary/aromatic N) is 2. The highest BCUT2D eigenvalue weighted by Gasteiger charge is 2.12. The molecule has 0 unspecified atom stereocenters. The maximum atomic E-state index is 12.8. The number of nitrogens with one attached hydrogen (secondary N) is 1. The van der Waals surface area contributed by atoms with Gasteiger partial charge in [0.15, 0.2) is 11.5 Å². The summed E-state index contributed by atoms with van der Waals surface area (Å²) >= 11 is 0. The van der Waals surface area contributed by atoms with Gasteiger partial charge in [0.1, 0.15) is 12.4 Å².